The van der Waals surface area contributed by atoms with Crippen LogP contribution in [0.4, 0.5) is 16.2 Å². The van der Waals surface area contributed by atoms with Crippen molar-refractivity contribution in [3.8, 4) is 5.75 Å². The van der Waals surface area contributed by atoms with Gasteiger partial charge in [-0.15, -0.1) is 0 Å². The van der Waals surface area contributed by atoms with E-state index in [9.17, 15) is 9.59 Å². The number of piperidine rings is 1. The maximum atomic E-state index is 12.8. The maximum Gasteiger partial charge on any atom is 0.412 e. The summed E-state index contributed by atoms with van der Waals surface area (Å²) in [5.74, 6) is 0.457. The Kier molecular flexibility index (Phi) is 7.67. The minimum absolute atomic E-state index is 0.0537. The summed E-state index contributed by atoms with van der Waals surface area (Å²) in [4.78, 5) is 25.1. The monoisotopic (exact) mass is 473 g/mol. The molecule has 3 N–H and O–H groups in total. The molecule has 1 atom stereocenters. The van der Waals surface area contributed by atoms with Gasteiger partial charge in [0.1, 0.15) is 18.5 Å². The number of ether oxygens (including phenoxy) is 2. The van der Waals surface area contributed by atoms with E-state index in [0.29, 0.717) is 16.9 Å². The Morgan fingerprint density at radius 2 is 1.57 bits per heavy atom. The van der Waals surface area contributed by atoms with Crippen molar-refractivity contribution in [2.45, 2.75) is 44.9 Å². The molecule has 182 valence electrons. The number of amides is 2. The van der Waals surface area contributed by atoms with Crippen LogP contribution in [0.1, 0.15) is 42.6 Å². The fourth-order valence-corrected chi connectivity index (χ4v) is 4.06. The Morgan fingerprint density at radius 1 is 0.914 bits per heavy atom. The molecule has 0 spiro atoms. The van der Waals surface area contributed by atoms with E-state index in [1.165, 1.54) is 0 Å². The van der Waals surface area contributed by atoms with E-state index in [1.807, 2.05) is 42.5 Å². The number of nitrogens with one attached hydrogen (secondary N) is 3. The highest BCUT2D eigenvalue weighted by atomic mass is 16.5. The molecule has 7 heteroatoms. The quantitative estimate of drug-likeness (QED) is 0.416. The van der Waals surface area contributed by atoms with Gasteiger partial charge in [0.15, 0.2) is 0 Å². The molecule has 7 nitrogen and oxygen atoms in total. The number of benzene rings is 3. The molecule has 1 fully saturated rings. The third kappa shape index (κ3) is 7.07. The number of rotatable bonds is 7. The molecule has 0 radical (unpaired) electrons. The summed E-state index contributed by atoms with van der Waals surface area (Å²) in [6, 6.07) is 23.5. The van der Waals surface area contributed by atoms with Gasteiger partial charge in [-0.2, -0.15) is 0 Å². The van der Waals surface area contributed by atoms with Crippen LogP contribution in [0.5, 0.6) is 5.75 Å². The smallest absolute Gasteiger partial charge is 0.412 e. The van der Waals surface area contributed by atoms with Crippen LogP contribution in [0.25, 0.3) is 0 Å². The lowest BCUT2D eigenvalue weighted by molar-refractivity contribution is 0.102. The fraction of sp³-hybridized carbons (Fsp3) is 0.286. The lowest BCUT2D eigenvalue weighted by atomic mass is 9.91. The summed E-state index contributed by atoms with van der Waals surface area (Å²) < 4.78 is 11.4. The van der Waals surface area contributed by atoms with Crippen LogP contribution in [0, 0.1) is 0 Å². The second kappa shape index (κ2) is 11.1. The first-order valence-corrected chi connectivity index (χ1v) is 11.8. The molecule has 4 rings (SSSR count). The fourth-order valence-electron chi connectivity index (χ4n) is 4.06. The largest absolute Gasteiger partial charge is 0.490 e. The molecular weight excluding hydrogens is 442 g/mol. The standard InChI is InChI=1S/C28H31N3O4/c1-28(2)18-23(16-17-29-28)35-22-14-12-21(13-15-22)26(32)30-24-10-6-7-11-25(24)31-27(33)34-19-20-8-4-3-5-9-20/h3-15,23,29H,16-19H2,1-2H3,(H,30,32)(H,31,33). The molecule has 1 unspecified atom stereocenters. The number of hydrogen-bond donors (Lipinski definition) is 3. The van der Waals surface area contributed by atoms with Crippen LogP contribution < -0.4 is 20.7 Å². The van der Waals surface area contributed by atoms with Crippen molar-refractivity contribution in [2.75, 3.05) is 17.2 Å². The Labute approximate surface area is 205 Å². The summed E-state index contributed by atoms with van der Waals surface area (Å²) in [6.07, 6.45) is 1.42. The minimum atomic E-state index is -0.599. The van der Waals surface area contributed by atoms with E-state index in [0.717, 1.165) is 30.7 Å². The SMILES string of the molecule is CC1(C)CC(Oc2ccc(C(=O)Nc3ccccc3NC(=O)OCc3ccccc3)cc2)CCN1. The van der Waals surface area contributed by atoms with Crippen molar-refractivity contribution in [3.63, 3.8) is 0 Å². The van der Waals surface area contributed by atoms with E-state index >= 15 is 0 Å². The molecule has 0 aromatic heterocycles. The van der Waals surface area contributed by atoms with Gasteiger partial charge in [0, 0.05) is 17.5 Å². The Morgan fingerprint density at radius 3 is 2.26 bits per heavy atom. The first kappa shape index (κ1) is 24.3. The van der Waals surface area contributed by atoms with E-state index in [2.05, 4.69) is 29.8 Å². The van der Waals surface area contributed by atoms with Crippen molar-refractivity contribution in [3.05, 3.63) is 90.0 Å². The van der Waals surface area contributed by atoms with Crippen LogP contribution in [0.3, 0.4) is 0 Å². The van der Waals surface area contributed by atoms with Crippen LogP contribution >= 0.6 is 0 Å². The first-order chi connectivity index (χ1) is 16.9. The lowest BCUT2D eigenvalue weighted by Crippen LogP contribution is -2.49. The number of carbonyl (C=O) groups excluding carboxylic acids is 2. The zero-order valence-electron chi connectivity index (χ0n) is 20.0. The van der Waals surface area contributed by atoms with Gasteiger partial charge < -0.3 is 20.1 Å². The second-order valence-corrected chi connectivity index (χ2v) is 9.25. The molecule has 1 aliphatic heterocycles. The lowest BCUT2D eigenvalue weighted by Gasteiger charge is -2.36. The van der Waals surface area contributed by atoms with Gasteiger partial charge in [-0.3, -0.25) is 10.1 Å². The molecule has 0 aliphatic carbocycles. The van der Waals surface area contributed by atoms with Gasteiger partial charge in [0.2, 0.25) is 0 Å². The van der Waals surface area contributed by atoms with Gasteiger partial charge in [-0.05, 0) is 68.8 Å². The van der Waals surface area contributed by atoms with Gasteiger partial charge in [0.25, 0.3) is 5.91 Å². The topological polar surface area (TPSA) is 88.7 Å². The number of anilines is 2. The molecule has 1 saturated heterocycles. The molecule has 35 heavy (non-hydrogen) atoms. The summed E-state index contributed by atoms with van der Waals surface area (Å²) in [5.41, 5.74) is 2.36. The highest BCUT2D eigenvalue weighted by molar-refractivity contribution is 6.06. The predicted octanol–water partition coefficient (Wildman–Crippen LogP) is 5.60. The van der Waals surface area contributed by atoms with Crippen LogP contribution in [-0.2, 0) is 11.3 Å². The van der Waals surface area contributed by atoms with E-state index in [4.69, 9.17) is 9.47 Å². The summed E-state index contributed by atoms with van der Waals surface area (Å²) in [7, 11) is 0. The Balaban J connectivity index is 1.33. The van der Waals surface area contributed by atoms with Gasteiger partial charge in [0.05, 0.1) is 11.4 Å². The summed E-state index contributed by atoms with van der Waals surface area (Å²) in [6.45, 7) is 5.42. The molecule has 1 aliphatic rings. The normalized spacial score (nSPS) is 16.7. The number of para-hydroxylation sites is 2. The molecule has 2 amide bonds. The summed E-state index contributed by atoms with van der Waals surface area (Å²) >= 11 is 0. The maximum absolute atomic E-state index is 12.8. The highest BCUT2D eigenvalue weighted by Gasteiger charge is 2.28. The van der Waals surface area contributed by atoms with Gasteiger partial charge in [-0.25, -0.2) is 4.79 Å². The molecule has 0 bridgehead atoms. The zero-order valence-corrected chi connectivity index (χ0v) is 20.0. The number of carbonyl (C=O) groups is 2. The molecule has 3 aromatic carbocycles. The van der Waals surface area contributed by atoms with Crippen molar-refractivity contribution >= 4 is 23.4 Å². The minimum Gasteiger partial charge on any atom is -0.490 e. The zero-order chi connectivity index (χ0) is 24.7. The van der Waals surface area contributed by atoms with Crippen LogP contribution in [0.15, 0.2) is 78.9 Å². The molecule has 0 saturated carbocycles. The molecule has 1 heterocycles. The molecule has 3 aromatic rings. The highest BCUT2D eigenvalue weighted by Crippen LogP contribution is 2.25. The van der Waals surface area contributed by atoms with Crippen molar-refractivity contribution < 1.29 is 19.1 Å². The first-order valence-electron chi connectivity index (χ1n) is 11.8. The van der Waals surface area contributed by atoms with Gasteiger partial charge >= 0.3 is 6.09 Å². The Bertz CT molecular complexity index is 1150. The van der Waals surface area contributed by atoms with Crippen molar-refractivity contribution in [1.82, 2.24) is 5.32 Å². The third-order valence-electron chi connectivity index (χ3n) is 5.85. The average Bonchev–Trinajstić information content (AvgIpc) is 2.84. The van der Waals surface area contributed by atoms with E-state index in [-0.39, 0.29) is 24.2 Å². The third-order valence-corrected chi connectivity index (χ3v) is 5.85. The van der Waals surface area contributed by atoms with E-state index in [1.54, 1.807) is 36.4 Å². The molecular formula is C28H31N3O4. The summed E-state index contributed by atoms with van der Waals surface area (Å²) in [5, 5.41) is 9.04. The predicted molar refractivity (Wildman–Crippen MR) is 137 cm³/mol. The van der Waals surface area contributed by atoms with E-state index < -0.39 is 6.09 Å². The average molecular weight is 474 g/mol. The van der Waals surface area contributed by atoms with Crippen molar-refractivity contribution in [2.24, 2.45) is 0 Å². The second-order valence-electron chi connectivity index (χ2n) is 9.25. The van der Waals surface area contributed by atoms with Gasteiger partial charge in [-0.1, -0.05) is 42.5 Å². The number of hydrogen-bond acceptors (Lipinski definition) is 5. The Hall–Kier alpha value is -3.84. The van der Waals surface area contributed by atoms with Crippen molar-refractivity contribution in [1.29, 1.82) is 0 Å². The van der Waals surface area contributed by atoms with Crippen LogP contribution in [0.2, 0.25) is 0 Å². The van der Waals surface area contributed by atoms with Crippen LogP contribution in [-0.4, -0.2) is 30.2 Å².